The van der Waals surface area contributed by atoms with Crippen molar-refractivity contribution in [2.24, 2.45) is 7.05 Å². The normalized spacial score (nSPS) is 11.6. The second kappa shape index (κ2) is 9.67. The van der Waals surface area contributed by atoms with E-state index in [1.54, 1.807) is 42.2 Å². The first-order valence-corrected chi connectivity index (χ1v) is 11.6. The standard InChI is InChI=1S/C26H21F3N8O2/c1-15(38)37(22-5-3-4-10-31-22)36(14-18-8-7-17(12-32-18)26(27,28)29)25(39)16-6-9-21-19(11-16)23-20(24(30)34-21)13-33-35(23)2/h3-13H,14H2,1-2H3,(H2,30,34). The van der Waals surface area contributed by atoms with Gasteiger partial charge in [-0.2, -0.15) is 23.3 Å². The first-order chi connectivity index (χ1) is 18.5. The SMILES string of the molecule is CC(=O)N(c1ccccn1)N(Cc1ccc(C(F)(F)F)cn1)C(=O)c1ccc2nc(N)c3cnn(C)c3c2c1. The summed E-state index contributed by atoms with van der Waals surface area (Å²) < 4.78 is 40.8. The fourth-order valence-electron chi connectivity index (χ4n) is 4.25. The Kier molecular flexibility index (Phi) is 6.34. The molecule has 0 saturated heterocycles. The zero-order valence-electron chi connectivity index (χ0n) is 20.7. The number of aryl methyl sites for hydroxylation is 1. The number of carbonyl (C=O) groups excluding carboxylic acids is 2. The Balaban J connectivity index is 1.62. The molecule has 0 spiro atoms. The van der Waals surface area contributed by atoms with Gasteiger partial charge >= 0.3 is 6.18 Å². The average Bonchev–Trinajstić information content (AvgIpc) is 3.30. The number of nitrogens with zero attached hydrogens (tertiary/aromatic N) is 7. The van der Waals surface area contributed by atoms with Gasteiger partial charge < -0.3 is 5.73 Å². The number of alkyl halides is 3. The number of rotatable bonds is 4. The summed E-state index contributed by atoms with van der Waals surface area (Å²) in [6.07, 6.45) is -0.857. The smallest absolute Gasteiger partial charge is 0.383 e. The van der Waals surface area contributed by atoms with Crippen molar-refractivity contribution in [3.05, 3.63) is 83.9 Å². The molecule has 13 heteroatoms. The van der Waals surface area contributed by atoms with E-state index in [1.165, 1.54) is 25.3 Å². The quantitative estimate of drug-likeness (QED) is 0.344. The van der Waals surface area contributed by atoms with Crippen LogP contribution in [0.4, 0.5) is 24.8 Å². The fourth-order valence-corrected chi connectivity index (χ4v) is 4.25. The Labute approximate surface area is 219 Å². The van der Waals surface area contributed by atoms with Crippen molar-refractivity contribution in [3.8, 4) is 0 Å². The highest BCUT2D eigenvalue weighted by Gasteiger charge is 2.32. The Morgan fingerprint density at radius 2 is 1.82 bits per heavy atom. The van der Waals surface area contributed by atoms with Crippen LogP contribution < -0.4 is 10.7 Å². The molecule has 5 aromatic rings. The molecule has 10 nitrogen and oxygen atoms in total. The van der Waals surface area contributed by atoms with Crippen LogP contribution in [-0.2, 0) is 24.6 Å². The van der Waals surface area contributed by atoms with Crippen LogP contribution in [0.25, 0.3) is 21.8 Å². The Morgan fingerprint density at radius 3 is 2.46 bits per heavy atom. The van der Waals surface area contributed by atoms with Gasteiger partial charge in [-0.05, 0) is 42.5 Å². The maximum absolute atomic E-state index is 14.0. The van der Waals surface area contributed by atoms with Crippen LogP contribution in [-0.4, -0.2) is 41.6 Å². The molecule has 5 rings (SSSR count). The number of halogens is 3. The number of hydrazine groups is 1. The summed E-state index contributed by atoms with van der Waals surface area (Å²) in [6.45, 7) is 0.938. The van der Waals surface area contributed by atoms with Crippen molar-refractivity contribution in [2.45, 2.75) is 19.6 Å². The van der Waals surface area contributed by atoms with Crippen LogP contribution in [0.2, 0.25) is 0 Å². The van der Waals surface area contributed by atoms with Crippen LogP contribution in [0.3, 0.4) is 0 Å². The van der Waals surface area contributed by atoms with Gasteiger partial charge in [0.15, 0.2) is 5.82 Å². The van der Waals surface area contributed by atoms with E-state index >= 15 is 0 Å². The van der Waals surface area contributed by atoms with E-state index in [0.29, 0.717) is 28.0 Å². The second-order valence-electron chi connectivity index (χ2n) is 8.68. The van der Waals surface area contributed by atoms with Gasteiger partial charge in [0.25, 0.3) is 5.91 Å². The highest BCUT2D eigenvalue weighted by atomic mass is 19.4. The van der Waals surface area contributed by atoms with E-state index in [0.717, 1.165) is 22.2 Å². The third kappa shape index (κ3) is 4.81. The van der Waals surface area contributed by atoms with Gasteiger partial charge in [-0.1, -0.05) is 6.07 Å². The molecule has 198 valence electrons. The molecule has 0 unspecified atom stereocenters. The molecule has 2 amide bonds. The number of pyridine rings is 3. The van der Waals surface area contributed by atoms with E-state index in [2.05, 4.69) is 20.1 Å². The molecule has 0 saturated carbocycles. The minimum Gasteiger partial charge on any atom is -0.383 e. The molecule has 0 fully saturated rings. The van der Waals surface area contributed by atoms with Crippen LogP contribution in [0.5, 0.6) is 0 Å². The number of nitrogens with two attached hydrogens (primary N) is 1. The van der Waals surface area contributed by atoms with Gasteiger partial charge in [-0.15, -0.1) is 0 Å². The first kappa shape index (κ1) is 25.6. The number of hydrogen-bond acceptors (Lipinski definition) is 7. The summed E-state index contributed by atoms with van der Waals surface area (Å²) in [5.41, 5.74) is 6.65. The topological polar surface area (TPSA) is 123 Å². The molecular formula is C26H21F3N8O2. The lowest BCUT2D eigenvalue weighted by Crippen LogP contribution is -2.49. The molecule has 1 aromatic carbocycles. The predicted molar refractivity (Wildman–Crippen MR) is 137 cm³/mol. The molecule has 0 aliphatic carbocycles. The third-order valence-electron chi connectivity index (χ3n) is 6.06. The summed E-state index contributed by atoms with van der Waals surface area (Å²) in [4.78, 5) is 39.3. The second-order valence-corrected chi connectivity index (χ2v) is 8.68. The lowest BCUT2D eigenvalue weighted by atomic mass is 10.1. The van der Waals surface area contributed by atoms with Crippen LogP contribution in [0.1, 0.15) is 28.5 Å². The van der Waals surface area contributed by atoms with Crippen LogP contribution in [0.15, 0.2) is 67.1 Å². The van der Waals surface area contributed by atoms with Crippen molar-refractivity contribution in [2.75, 3.05) is 10.7 Å². The number of nitrogen functional groups attached to an aromatic ring is 1. The van der Waals surface area contributed by atoms with Crippen molar-refractivity contribution >= 4 is 45.3 Å². The van der Waals surface area contributed by atoms with Gasteiger partial charge in [0, 0.05) is 37.3 Å². The van der Waals surface area contributed by atoms with Crippen LogP contribution >= 0.6 is 0 Å². The van der Waals surface area contributed by atoms with E-state index in [4.69, 9.17) is 5.73 Å². The predicted octanol–water partition coefficient (Wildman–Crippen LogP) is 4.12. The van der Waals surface area contributed by atoms with Crippen molar-refractivity contribution in [1.29, 1.82) is 0 Å². The zero-order valence-corrected chi connectivity index (χ0v) is 20.7. The Hall–Kier alpha value is -5.07. The number of fused-ring (bicyclic) bond motifs is 3. The van der Waals surface area contributed by atoms with Crippen molar-refractivity contribution < 1.29 is 22.8 Å². The molecule has 0 atom stereocenters. The Bertz CT molecular complexity index is 1700. The lowest BCUT2D eigenvalue weighted by molar-refractivity contribution is -0.137. The monoisotopic (exact) mass is 534 g/mol. The lowest BCUT2D eigenvalue weighted by Gasteiger charge is -2.33. The number of hydrogen-bond donors (Lipinski definition) is 1. The summed E-state index contributed by atoms with van der Waals surface area (Å²) in [5, 5.41) is 7.60. The highest BCUT2D eigenvalue weighted by Crippen LogP contribution is 2.30. The summed E-state index contributed by atoms with van der Waals surface area (Å²) in [5.74, 6) is -0.725. The van der Waals surface area contributed by atoms with Gasteiger partial charge in [0.05, 0.1) is 40.4 Å². The van der Waals surface area contributed by atoms with E-state index in [1.807, 2.05) is 0 Å². The maximum Gasteiger partial charge on any atom is 0.417 e. The van der Waals surface area contributed by atoms with E-state index < -0.39 is 23.6 Å². The molecule has 4 aromatic heterocycles. The minimum absolute atomic E-state index is 0.128. The molecule has 2 N–H and O–H groups in total. The largest absolute Gasteiger partial charge is 0.417 e. The summed E-state index contributed by atoms with van der Waals surface area (Å²) in [6, 6.07) is 11.6. The number of anilines is 2. The molecule has 39 heavy (non-hydrogen) atoms. The van der Waals surface area contributed by atoms with Crippen molar-refractivity contribution in [1.82, 2.24) is 29.7 Å². The first-order valence-electron chi connectivity index (χ1n) is 11.6. The summed E-state index contributed by atoms with van der Waals surface area (Å²) >= 11 is 0. The fraction of sp³-hybridized carbons (Fsp3) is 0.154. The van der Waals surface area contributed by atoms with Gasteiger partial charge in [0.1, 0.15) is 5.82 Å². The molecule has 0 radical (unpaired) electrons. The van der Waals surface area contributed by atoms with Crippen molar-refractivity contribution in [3.63, 3.8) is 0 Å². The minimum atomic E-state index is -4.57. The molecule has 0 aliphatic rings. The highest BCUT2D eigenvalue weighted by molar-refractivity contribution is 6.10. The number of benzene rings is 1. The van der Waals surface area contributed by atoms with Gasteiger partial charge in [-0.3, -0.25) is 19.3 Å². The van der Waals surface area contributed by atoms with Gasteiger partial charge in [0.2, 0.25) is 5.91 Å². The maximum atomic E-state index is 14.0. The van der Waals surface area contributed by atoms with Crippen LogP contribution in [0, 0.1) is 0 Å². The average molecular weight is 535 g/mol. The van der Waals surface area contributed by atoms with Gasteiger partial charge in [-0.25, -0.2) is 15.0 Å². The third-order valence-corrected chi connectivity index (χ3v) is 6.06. The van der Waals surface area contributed by atoms with E-state index in [9.17, 15) is 22.8 Å². The molecular weight excluding hydrogens is 513 g/mol. The summed E-state index contributed by atoms with van der Waals surface area (Å²) in [7, 11) is 1.73. The number of aromatic nitrogens is 5. The van der Waals surface area contributed by atoms with E-state index in [-0.39, 0.29) is 29.4 Å². The zero-order chi connectivity index (χ0) is 27.9. The Morgan fingerprint density at radius 1 is 1.03 bits per heavy atom. The number of carbonyl (C=O) groups is 2. The number of amides is 2. The molecule has 0 aliphatic heterocycles. The molecule has 4 heterocycles. The molecule has 0 bridgehead atoms.